The van der Waals surface area contributed by atoms with Gasteiger partial charge in [-0.1, -0.05) is 0 Å². The van der Waals surface area contributed by atoms with E-state index in [1.807, 2.05) is 0 Å². The van der Waals surface area contributed by atoms with Gasteiger partial charge in [0.25, 0.3) is 0 Å². The number of aliphatic hydroxyl groups is 1. The summed E-state index contributed by atoms with van der Waals surface area (Å²) in [5.74, 6) is 5.54. The Kier molecular flexibility index (Phi) is 5.03. The Morgan fingerprint density at radius 2 is 2.22 bits per heavy atom. The molecular weight excluding hydrogens is 256 g/mol. The first-order chi connectivity index (χ1) is 8.37. The lowest BCUT2D eigenvalue weighted by molar-refractivity contribution is 0.177. The molecule has 1 heterocycles. The largest absolute Gasteiger partial charge is 0.393 e. The Labute approximate surface area is 107 Å². The predicted molar refractivity (Wildman–Crippen MR) is 68.2 cm³/mol. The number of hydrazine groups is 1. The van der Waals surface area contributed by atoms with Crippen molar-refractivity contribution in [3.05, 3.63) is 18.3 Å². The number of nitrogens with two attached hydrogens (primary N) is 1. The number of pyridine rings is 1. The van der Waals surface area contributed by atoms with Crippen LogP contribution in [0, 0.1) is 0 Å². The van der Waals surface area contributed by atoms with Gasteiger partial charge in [0, 0.05) is 19.8 Å². The van der Waals surface area contributed by atoms with Gasteiger partial charge in [-0.3, -0.25) is 0 Å². The van der Waals surface area contributed by atoms with Gasteiger partial charge in [0.1, 0.15) is 10.7 Å². The van der Waals surface area contributed by atoms with Crippen LogP contribution in [-0.2, 0) is 10.0 Å². The first kappa shape index (κ1) is 14.8. The molecule has 18 heavy (non-hydrogen) atoms. The Balaban J connectivity index is 2.84. The van der Waals surface area contributed by atoms with Crippen molar-refractivity contribution in [3.63, 3.8) is 0 Å². The van der Waals surface area contributed by atoms with Crippen LogP contribution in [-0.4, -0.2) is 42.5 Å². The average Bonchev–Trinajstić information content (AvgIpc) is 2.35. The molecule has 1 aromatic rings. The van der Waals surface area contributed by atoms with Gasteiger partial charge in [-0.05, 0) is 25.5 Å². The number of rotatable bonds is 6. The van der Waals surface area contributed by atoms with Crippen molar-refractivity contribution in [1.29, 1.82) is 0 Å². The van der Waals surface area contributed by atoms with Crippen molar-refractivity contribution in [1.82, 2.24) is 9.29 Å². The summed E-state index contributed by atoms with van der Waals surface area (Å²) in [5, 5.41) is 9.15. The van der Waals surface area contributed by atoms with Crippen LogP contribution in [0.1, 0.15) is 13.3 Å². The van der Waals surface area contributed by atoms with Gasteiger partial charge in [-0.2, -0.15) is 0 Å². The maximum Gasteiger partial charge on any atom is 0.244 e. The van der Waals surface area contributed by atoms with E-state index in [0.29, 0.717) is 12.2 Å². The number of anilines is 1. The number of nitrogen functional groups attached to an aromatic ring is 1. The minimum Gasteiger partial charge on any atom is -0.393 e. The van der Waals surface area contributed by atoms with E-state index in [2.05, 4.69) is 10.4 Å². The molecule has 0 amide bonds. The molecule has 0 aromatic carbocycles. The quantitative estimate of drug-likeness (QED) is 0.488. The fourth-order valence-electron chi connectivity index (χ4n) is 1.29. The van der Waals surface area contributed by atoms with Crippen LogP contribution < -0.4 is 11.3 Å². The van der Waals surface area contributed by atoms with Gasteiger partial charge in [-0.15, -0.1) is 0 Å². The topological polar surface area (TPSA) is 109 Å². The fourth-order valence-corrected chi connectivity index (χ4v) is 2.42. The number of hydrogen-bond acceptors (Lipinski definition) is 6. The monoisotopic (exact) mass is 274 g/mol. The second kappa shape index (κ2) is 6.10. The maximum absolute atomic E-state index is 12.1. The molecule has 102 valence electrons. The van der Waals surface area contributed by atoms with Crippen molar-refractivity contribution < 1.29 is 13.5 Å². The molecule has 0 aliphatic rings. The van der Waals surface area contributed by atoms with E-state index in [4.69, 9.17) is 10.9 Å². The zero-order valence-corrected chi connectivity index (χ0v) is 11.2. The van der Waals surface area contributed by atoms with E-state index < -0.39 is 16.1 Å². The molecule has 1 atom stereocenters. The minimum atomic E-state index is -3.57. The number of hydrogen-bond donors (Lipinski definition) is 3. The SMILES string of the molecule is CC(O)CCN(C)S(=O)(=O)c1ccc(NN)nc1. The highest BCUT2D eigenvalue weighted by Gasteiger charge is 2.21. The third-order valence-corrected chi connectivity index (χ3v) is 4.29. The summed E-state index contributed by atoms with van der Waals surface area (Å²) in [6, 6.07) is 2.91. The molecule has 0 saturated carbocycles. The van der Waals surface area contributed by atoms with E-state index in [1.165, 1.54) is 29.7 Å². The standard InChI is InChI=1S/C10H18N4O3S/c1-8(15)5-6-14(2)18(16,17)9-3-4-10(13-11)12-7-9/h3-4,7-8,15H,5-6,11H2,1-2H3,(H,12,13). The van der Waals surface area contributed by atoms with E-state index in [1.54, 1.807) is 6.92 Å². The van der Waals surface area contributed by atoms with Crippen molar-refractivity contribution in [2.24, 2.45) is 5.84 Å². The molecule has 8 heteroatoms. The van der Waals surface area contributed by atoms with Crippen molar-refractivity contribution in [3.8, 4) is 0 Å². The third kappa shape index (κ3) is 3.64. The van der Waals surface area contributed by atoms with E-state index >= 15 is 0 Å². The second-order valence-corrected chi connectivity index (χ2v) is 6.03. The van der Waals surface area contributed by atoms with Crippen LogP contribution in [0.15, 0.2) is 23.2 Å². The Morgan fingerprint density at radius 1 is 1.56 bits per heavy atom. The lowest BCUT2D eigenvalue weighted by Gasteiger charge is -2.17. The van der Waals surface area contributed by atoms with Gasteiger partial charge in [0.05, 0.1) is 6.10 Å². The summed E-state index contributed by atoms with van der Waals surface area (Å²) in [4.78, 5) is 3.94. The van der Waals surface area contributed by atoms with E-state index in [9.17, 15) is 8.42 Å². The summed E-state index contributed by atoms with van der Waals surface area (Å²) >= 11 is 0. The highest BCUT2D eigenvalue weighted by Crippen LogP contribution is 2.15. The zero-order valence-electron chi connectivity index (χ0n) is 10.4. The molecule has 0 bridgehead atoms. The Hall–Kier alpha value is -1.22. The van der Waals surface area contributed by atoms with Crippen LogP contribution in [0.25, 0.3) is 0 Å². The maximum atomic E-state index is 12.1. The van der Waals surface area contributed by atoms with Crippen LogP contribution in [0.4, 0.5) is 5.82 Å². The van der Waals surface area contributed by atoms with Gasteiger partial charge in [0.2, 0.25) is 10.0 Å². The zero-order chi connectivity index (χ0) is 13.8. The van der Waals surface area contributed by atoms with Crippen LogP contribution in [0.2, 0.25) is 0 Å². The highest BCUT2D eigenvalue weighted by molar-refractivity contribution is 7.89. The average molecular weight is 274 g/mol. The summed E-state index contributed by atoms with van der Waals surface area (Å²) in [6.45, 7) is 1.86. The molecule has 1 rings (SSSR count). The van der Waals surface area contributed by atoms with Gasteiger partial charge < -0.3 is 10.5 Å². The second-order valence-electron chi connectivity index (χ2n) is 3.99. The van der Waals surface area contributed by atoms with Crippen molar-refractivity contribution in [2.45, 2.75) is 24.3 Å². The van der Waals surface area contributed by atoms with Gasteiger partial charge in [0.15, 0.2) is 0 Å². The first-order valence-electron chi connectivity index (χ1n) is 5.45. The van der Waals surface area contributed by atoms with Crippen LogP contribution in [0.5, 0.6) is 0 Å². The summed E-state index contributed by atoms with van der Waals surface area (Å²) < 4.78 is 25.4. The summed E-state index contributed by atoms with van der Waals surface area (Å²) in [7, 11) is -2.10. The summed E-state index contributed by atoms with van der Waals surface area (Å²) in [5.41, 5.74) is 2.32. The molecule has 1 unspecified atom stereocenters. The Morgan fingerprint density at radius 3 is 2.67 bits per heavy atom. The molecule has 1 aromatic heterocycles. The van der Waals surface area contributed by atoms with Crippen molar-refractivity contribution in [2.75, 3.05) is 19.0 Å². The molecule has 0 aliphatic heterocycles. The molecule has 0 fully saturated rings. The molecule has 0 aliphatic carbocycles. The molecule has 0 spiro atoms. The number of aliphatic hydroxyl groups excluding tert-OH is 1. The third-order valence-electron chi connectivity index (χ3n) is 2.45. The lowest BCUT2D eigenvalue weighted by atomic mass is 10.3. The van der Waals surface area contributed by atoms with Gasteiger partial charge in [-0.25, -0.2) is 23.5 Å². The molecule has 4 N–H and O–H groups in total. The number of sulfonamides is 1. The van der Waals surface area contributed by atoms with Crippen LogP contribution >= 0.6 is 0 Å². The predicted octanol–water partition coefficient (Wildman–Crippen LogP) is -0.241. The number of aromatic nitrogens is 1. The summed E-state index contributed by atoms with van der Waals surface area (Å²) in [6.07, 6.45) is 1.08. The molecule has 7 nitrogen and oxygen atoms in total. The fraction of sp³-hybridized carbons (Fsp3) is 0.500. The highest BCUT2D eigenvalue weighted by atomic mass is 32.2. The molecular formula is C10H18N4O3S. The molecule has 0 saturated heterocycles. The number of nitrogens with one attached hydrogen (secondary N) is 1. The van der Waals surface area contributed by atoms with Crippen LogP contribution in [0.3, 0.4) is 0 Å². The lowest BCUT2D eigenvalue weighted by Crippen LogP contribution is -2.29. The molecule has 0 radical (unpaired) electrons. The Bertz CT molecular complexity index is 472. The van der Waals surface area contributed by atoms with E-state index in [0.717, 1.165) is 0 Å². The van der Waals surface area contributed by atoms with Gasteiger partial charge >= 0.3 is 0 Å². The first-order valence-corrected chi connectivity index (χ1v) is 6.89. The van der Waals surface area contributed by atoms with Crippen molar-refractivity contribution >= 4 is 15.8 Å². The smallest absolute Gasteiger partial charge is 0.244 e. The normalized spacial score (nSPS) is 13.6. The van der Waals surface area contributed by atoms with E-state index in [-0.39, 0.29) is 11.4 Å². The number of nitrogens with zero attached hydrogens (tertiary/aromatic N) is 2. The minimum absolute atomic E-state index is 0.0922.